The highest BCUT2D eigenvalue weighted by Gasteiger charge is 2.19. The molecular formula is C81H57N3. The minimum atomic E-state index is 0.851. The van der Waals surface area contributed by atoms with Crippen LogP contribution in [0.1, 0.15) is 33.4 Å². The topological polar surface area (TPSA) is 38.7 Å². The van der Waals surface area contributed by atoms with Crippen LogP contribution in [0.5, 0.6) is 0 Å². The Bertz CT molecular complexity index is 4580. The molecule has 0 fully saturated rings. The Balaban J connectivity index is 0.938. The van der Waals surface area contributed by atoms with Gasteiger partial charge in [0.05, 0.1) is 17.1 Å². The maximum Gasteiger partial charge on any atom is 0.0708 e. The molecule has 3 aromatic heterocycles. The van der Waals surface area contributed by atoms with Gasteiger partial charge in [-0.3, -0.25) is 15.0 Å². The van der Waals surface area contributed by atoms with Crippen LogP contribution in [-0.2, 0) is 25.7 Å². The number of pyridine rings is 3. The highest BCUT2D eigenvalue weighted by molar-refractivity contribution is 5.94. The Hall–Kier alpha value is -10.6. The number of benzene rings is 10. The summed E-state index contributed by atoms with van der Waals surface area (Å²) in [6, 6.07) is 98.3. The van der Waals surface area contributed by atoms with E-state index < -0.39 is 0 Å². The van der Waals surface area contributed by atoms with Crippen molar-refractivity contribution < 1.29 is 0 Å². The van der Waals surface area contributed by atoms with Crippen molar-refractivity contribution in [2.75, 3.05) is 0 Å². The van der Waals surface area contributed by atoms with Crippen LogP contribution in [0, 0.1) is 0 Å². The summed E-state index contributed by atoms with van der Waals surface area (Å²) in [7, 11) is 0. The van der Waals surface area contributed by atoms with Crippen LogP contribution in [0.2, 0.25) is 0 Å². The van der Waals surface area contributed by atoms with Crippen LogP contribution >= 0.6 is 0 Å². The van der Waals surface area contributed by atoms with Gasteiger partial charge in [0.15, 0.2) is 0 Å². The number of aryl methyl sites for hydroxylation is 4. The first-order valence-electron chi connectivity index (χ1n) is 29.2. The monoisotopic (exact) mass is 1070 g/mol. The molecule has 0 radical (unpaired) electrons. The van der Waals surface area contributed by atoms with Crippen molar-refractivity contribution in [2.45, 2.75) is 25.7 Å². The first kappa shape index (κ1) is 50.4. The smallest absolute Gasteiger partial charge is 0.0708 e. The van der Waals surface area contributed by atoms with Crippen LogP contribution < -0.4 is 0 Å². The second kappa shape index (κ2) is 22.0. The van der Waals surface area contributed by atoms with Crippen LogP contribution in [0.25, 0.3) is 135 Å². The average Bonchev–Trinajstić information content (AvgIpc) is 3.24. The van der Waals surface area contributed by atoms with E-state index in [-0.39, 0.29) is 0 Å². The highest BCUT2D eigenvalue weighted by atomic mass is 14.7. The van der Waals surface area contributed by atoms with E-state index in [1.807, 2.05) is 12.4 Å². The van der Waals surface area contributed by atoms with Crippen molar-refractivity contribution in [3.8, 4) is 123 Å². The second-order valence-corrected chi connectivity index (χ2v) is 22.3. The zero-order valence-electron chi connectivity index (χ0n) is 46.5. The Labute approximate surface area is 491 Å². The second-order valence-electron chi connectivity index (χ2n) is 22.3. The summed E-state index contributed by atoms with van der Waals surface area (Å²) in [5, 5.41) is 0. The van der Waals surface area contributed by atoms with Gasteiger partial charge in [0, 0.05) is 52.0 Å². The van der Waals surface area contributed by atoms with Crippen LogP contribution in [0.4, 0.5) is 0 Å². The molecule has 16 aliphatic heterocycles. The molecule has 0 amide bonds. The number of hydrogen-bond donors (Lipinski definition) is 0. The van der Waals surface area contributed by atoms with Crippen LogP contribution in [0.15, 0.2) is 286 Å². The minimum Gasteiger partial charge on any atom is -0.256 e. The molecule has 34 rings (SSSR count). The van der Waals surface area contributed by atoms with E-state index in [1.165, 1.54) is 44.5 Å². The third-order valence-corrected chi connectivity index (χ3v) is 16.9. The lowest BCUT2D eigenvalue weighted by atomic mass is 9.87. The molecule has 84 heavy (non-hydrogen) atoms. The molecule has 10 aromatic carbocycles. The largest absolute Gasteiger partial charge is 0.256 e. The first-order valence-corrected chi connectivity index (χ1v) is 29.2. The molecule has 18 bridgehead atoms. The third kappa shape index (κ3) is 10.2. The SMILES string of the molecule is C1=C\c2cc3cc(c2)-c2ccccc2-c2cnc(cc2-c2ccc(-c4ccccc4)cc2)-c2ccc(cc2)CCc2cc(cc(c2)-c2ccccc2-c2ccc(nc2)-c2ccc(cc2)CC3)-c2ccccc2-c2ccc(nc2)-c2ccc/1cc2. The van der Waals surface area contributed by atoms with Crippen LogP contribution in [0.3, 0.4) is 0 Å². The summed E-state index contributed by atoms with van der Waals surface area (Å²) in [4.78, 5) is 15.5. The Morgan fingerprint density at radius 1 is 0.190 bits per heavy atom. The van der Waals surface area contributed by atoms with Gasteiger partial charge >= 0.3 is 0 Å². The predicted molar refractivity (Wildman–Crippen MR) is 350 cm³/mol. The van der Waals surface area contributed by atoms with Gasteiger partial charge in [-0.2, -0.15) is 0 Å². The molecule has 0 spiro atoms. The van der Waals surface area contributed by atoms with E-state index in [9.17, 15) is 0 Å². The molecule has 396 valence electrons. The zero-order valence-corrected chi connectivity index (χ0v) is 46.5. The van der Waals surface area contributed by atoms with Gasteiger partial charge in [0.2, 0.25) is 0 Å². The van der Waals surface area contributed by atoms with Gasteiger partial charge < -0.3 is 0 Å². The Morgan fingerprint density at radius 2 is 0.583 bits per heavy atom. The molecule has 0 saturated carbocycles. The minimum absolute atomic E-state index is 0.851. The maximum absolute atomic E-state index is 5.32. The van der Waals surface area contributed by atoms with Crippen molar-refractivity contribution in [3.05, 3.63) is 319 Å². The van der Waals surface area contributed by atoms with Crippen molar-refractivity contribution in [1.29, 1.82) is 0 Å². The summed E-state index contributed by atoms with van der Waals surface area (Å²) >= 11 is 0. The molecule has 3 heteroatoms. The van der Waals surface area contributed by atoms with Crippen molar-refractivity contribution >= 4 is 12.2 Å². The predicted octanol–water partition coefficient (Wildman–Crippen LogP) is 20.6. The molecule has 5 aliphatic carbocycles. The zero-order chi connectivity index (χ0) is 55.8. The summed E-state index contributed by atoms with van der Waals surface area (Å²) in [5.74, 6) is 0. The fourth-order valence-corrected chi connectivity index (χ4v) is 12.4. The number of nitrogens with zero attached hydrogens (tertiary/aromatic N) is 3. The van der Waals surface area contributed by atoms with Gasteiger partial charge in [-0.05, 0) is 162 Å². The molecule has 3 nitrogen and oxygen atoms in total. The van der Waals surface area contributed by atoms with E-state index in [0.29, 0.717) is 0 Å². The van der Waals surface area contributed by atoms with Gasteiger partial charge in [-0.1, -0.05) is 249 Å². The highest BCUT2D eigenvalue weighted by Crippen LogP contribution is 2.43. The fraction of sp³-hybridized carbons (Fsp3) is 0.0494. The van der Waals surface area contributed by atoms with E-state index in [4.69, 9.17) is 15.0 Å². The number of hydrogen-bond acceptors (Lipinski definition) is 3. The molecule has 0 N–H and O–H groups in total. The standard InChI is InChI=1S/C81H57N3/c1-2-10-60(11-3-1)61-36-38-62(39-37-61)77-50-81-65-34-28-56(29-35-65)20-23-59-47-69-49-70(48-59)74-15-7-5-13-72(74)67-41-43-80(83-52-67)64-32-26-55(27-33-64)19-22-58-44-57(45-68(46-58)75-16-8-9-17-76(75)78(77)53-84-81)21-18-54-24-30-63(31-25-54)79-42-40-66(51-82-79)71-12-4-6-14-73(69)71/h1-18,21,24-53H,19-20,22-23H2/b21-18-. The van der Waals surface area contributed by atoms with E-state index in [2.05, 4.69) is 285 Å². The molecule has 0 saturated heterocycles. The number of rotatable bonds is 2. The third-order valence-electron chi connectivity index (χ3n) is 16.9. The van der Waals surface area contributed by atoms with Crippen molar-refractivity contribution in [2.24, 2.45) is 0 Å². The fourth-order valence-electron chi connectivity index (χ4n) is 12.4. The van der Waals surface area contributed by atoms with Gasteiger partial charge in [-0.15, -0.1) is 0 Å². The lowest BCUT2D eigenvalue weighted by molar-refractivity contribution is 0.960. The Morgan fingerprint density at radius 3 is 1.13 bits per heavy atom. The summed E-state index contributed by atoms with van der Waals surface area (Å²) in [6.07, 6.45) is 14.1. The molecule has 0 unspecified atom stereocenters. The summed E-state index contributed by atoms with van der Waals surface area (Å²) < 4.78 is 0. The molecule has 0 atom stereocenters. The normalized spacial score (nSPS) is 12.7. The van der Waals surface area contributed by atoms with Crippen LogP contribution in [-0.4, -0.2) is 15.0 Å². The van der Waals surface area contributed by atoms with E-state index >= 15 is 0 Å². The van der Waals surface area contributed by atoms with Gasteiger partial charge in [0.1, 0.15) is 0 Å². The summed E-state index contributed by atoms with van der Waals surface area (Å²) in [6.45, 7) is 0. The van der Waals surface area contributed by atoms with Crippen molar-refractivity contribution in [3.63, 3.8) is 0 Å². The van der Waals surface area contributed by atoms with Gasteiger partial charge in [-0.25, -0.2) is 0 Å². The maximum atomic E-state index is 5.32. The van der Waals surface area contributed by atoms with E-state index in [0.717, 1.165) is 137 Å². The van der Waals surface area contributed by atoms with Crippen molar-refractivity contribution in [1.82, 2.24) is 15.0 Å². The van der Waals surface area contributed by atoms with Gasteiger partial charge in [0.25, 0.3) is 0 Å². The lowest BCUT2D eigenvalue weighted by Gasteiger charge is -2.17. The average molecular weight is 1070 g/mol. The molecule has 13 aromatic rings. The summed E-state index contributed by atoms with van der Waals surface area (Å²) in [5.41, 5.74) is 31.7. The first-order chi connectivity index (χ1) is 41.5. The quantitative estimate of drug-likeness (QED) is 0.173. The molecular weight excluding hydrogens is 1010 g/mol. The molecule has 19 heterocycles. The molecule has 21 aliphatic rings. The Kier molecular flexibility index (Phi) is 13.2. The van der Waals surface area contributed by atoms with E-state index in [1.54, 1.807) is 0 Å². The lowest BCUT2D eigenvalue weighted by Crippen LogP contribution is -1.97. The number of aromatic nitrogens is 3.